The van der Waals surface area contributed by atoms with Gasteiger partial charge in [-0.15, -0.1) is 0 Å². The van der Waals surface area contributed by atoms with Gasteiger partial charge in [-0.1, -0.05) is 6.92 Å². The topological polar surface area (TPSA) is 49.8 Å². The molecule has 94 valence electrons. The standard InChI is InChI=1S/C12H23NO3/c1-9(10(14)15)6-13-7-11(2,3)16-12(4,5)8-13/h9H,6-8H2,1-5H3,(H,14,15). The number of ether oxygens (including phenoxy) is 1. The lowest BCUT2D eigenvalue weighted by Gasteiger charge is -2.47. The van der Waals surface area contributed by atoms with E-state index in [1.54, 1.807) is 6.92 Å². The molecule has 0 radical (unpaired) electrons. The van der Waals surface area contributed by atoms with Crippen molar-refractivity contribution in [3.8, 4) is 0 Å². The van der Waals surface area contributed by atoms with Crippen LogP contribution in [0.1, 0.15) is 34.6 Å². The number of morpholine rings is 1. The highest BCUT2D eigenvalue weighted by molar-refractivity contribution is 5.69. The molecule has 1 fully saturated rings. The van der Waals surface area contributed by atoms with E-state index in [0.29, 0.717) is 6.54 Å². The van der Waals surface area contributed by atoms with E-state index in [1.807, 2.05) is 27.7 Å². The third-order valence-electron chi connectivity index (χ3n) is 2.71. The van der Waals surface area contributed by atoms with Gasteiger partial charge in [0.1, 0.15) is 0 Å². The molecule has 4 nitrogen and oxygen atoms in total. The maximum absolute atomic E-state index is 10.8. The predicted octanol–water partition coefficient (Wildman–Crippen LogP) is 1.60. The summed E-state index contributed by atoms with van der Waals surface area (Å²) in [7, 11) is 0. The number of rotatable bonds is 3. The van der Waals surface area contributed by atoms with Gasteiger partial charge in [-0.2, -0.15) is 0 Å². The molecule has 1 unspecified atom stereocenters. The van der Waals surface area contributed by atoms with Crippen LogP contribution in [0.25, 0.3) is 0 Å². The molecule has 0 aromatic carbocycles. The molecule has 0 aromatic rings. The zero-order chi connectivity index (χ0) is 12.6. The highest BCUT2D eigenvalue weighted by atomic mass is 16.5. The molecule has 1 N–H and O–H groups in total. The summed E-state index contributed by atoms with van der Waals surface area (Å²) in [5.74, 6) is -1.06. The van der Waals surface area contributed by atoms with Gasteiger partial charge in [0.05, 0.1) is 17.1 Å². The van der Waals surface area contributed by atoms with Crippen LogP contribution in [0.2, 0.25) is 0 Å². The van der Waals surface area contributed by atoms with Crippen molar-refractivity contribution in [3.63, 3.8) is 0 Å². The Morgan fingerprint density at radius 1 is 1.31 bits per heavy atom. The zero-order valence-corrected chi connectivity index (χ0v) is 10.9. The maximum atomic E-state index is 10.8. The summed E-state index contributed by atoms with van der Waals surface area (Å²) in [5, 5.41) is 8.91. The second-order valence-corrected chi connectivity index (χ2v) is 6.03. The molecular formula is C12H23NO3. The molecule has 0 aromatic heterocycles. The second kappa shape index (κ2) is 4.34. The lowest BCUT2D eigenvalue weighted by molar-refractivity contribution is -0.183. The fraction of sp³-hybridized carbons (Fsp3) is 0.917. The van der Waals surface area contributed by atoms with Crippen LogP contribution in [-0.4, -0.2) is 46.8 Å². The Kier molecular flexibility index (Phi) is 3.65. The molecule has 0 spiro atoms. The minimum Gasteiger partial charge on any atom is -0.481 e. The molecule has 0 aliphatic carbocycles. The van der Waals surface area contributed by atoms with Crippen LogP contribution in [0.3, 0.4) is 0 Å². The summed E-state index contributed by atoms with van der Waals surface area (Å²) < 4.78 is 5.94. The van der Waals surface area contributed by atoms with Gasteiger partial charge in [0, 0.05) is 19.6 Å². The molecule has 1 aliphatic rings. The number of aliphatic carboxylic acids is 1. The Bertz CT molecular complexity index is 257. The summed E-state index contributed by atoms with van der Waals surface area (Å²) in [6.45, 7) is 12.1. The number of hydrogen-bond donors (Lipinski definition) is 1. The summed E-state index contributed by atoms with van der Waals surface area (Å²) in [4.78, 5) is 13.0. The lowest BCUT2D eigenvalue weighted by Crippen LogP contribution is -2.58. The first-order valence-corrected chi connectivity index (χ1v) is 5.77. The van der Waals surface area contributed by atoms with Crippen molar-refractivity contribution < 1.29 is 14.6 Å². The fourth-order valence-corrected chi connectivity index (χ4v) is 2.54. The van der Waals surface area contributed by atoms with E-state index in [2.05, 4.69) is 4.90 Å². The van der Waals surface area contributed by atoms with E-state index in [9.17, 15) is 4.79 Å². The predicted molar refractivity (Wildman–Crippen MR) is 62.5 cm³/mol. The number of carboxylic acids is 1. The van der Waals surface area contributed by atoms with Crippen molar-refractivity contribution >= 4 is 5.97 Å². The van der Waals surface area contributed by atoms with Gasteiger partial charge in [-0.05, 0) is 27.7 Å². The van der Waals surface area contributed by atoms with Crippen LogP contribution in [0.5, 0.6) is 0 Å². The molecule has 4 heteroatoms. The molecule has 1 aliphatic heterocycles. The Morgan fingerprint density at radius 3 is 2.12 bits per heavy atom. The fourth-order valence-electron chi connectivity index (χ4n) is 2.54. The van der Waals surface area contributed by atoms with Crippen LogP contribution in [0.15, 0.2) is 0 Å². The van der Waals surface area contributed by atoms with Crippen LogP contribution in [0.4, 0.5) is 0 Å². The molecule has 1 atom stereocenters. The van der Waals surface area contributed by atoms with Crippen molar-refractivity contribution in [2.75, 3.05) is 19.6 Å². The van der Waals surface area contributed by atoms with Gasteiger partial charge in [-0.25, -0.2) is 0 Å². The summed E-state index contributed by atoms with van der Waals surface area (Å²) in [5.41, 5.74) is -0.417. The molecule has 1 saturated heterocycles. The Labute approximate surface area is 97.6 Å². The smallest absolute Gasteiger partial charge is 0.307 e. The number of hydrogen-bond acceptors (Lipinski definition) is 3. The van der Waals surface area contributed by atoms with Gasteiger partial charge < -0.3 is 9.84 Å². The molecule has 0 saturated carbocycles. The van der Waals surface area contributed by atoms with Crippen molar-refractivity contribution in [2.24, 2.45) is 5.92 Å². The van der Waals surface area contributed by atoms with Crippen LogP contribution >= 0.6 is 0 Å². The minimum absolute atomic E-state index is 0.208. The van der Waals surface area contributed by atoms with Crippen molar-refractivity contribution in [1.82, 2.24) is 4.90 Å². The van der Waals surface area contributed by atoms with Crippen molar-refractivity contribution in [3.05, 3.63) is 0 Å². The SMILES string of the molecule is CC(CN1CC(C)(C)OC(C)(C)C1)C(=O)O. The van der Waals surface area contributed by atoms with Gasteiger partial charge in [0.25, 0.3) is 0 Å². The number of carboxylic acid groups (broad SMARTS) is 1. The Balaban J connectivity index is 2.64. The third-order valence-corrected chi connectivity index (χ3v) is 2.71. The van der Waals surface area contributed by atoms with E-state index in [4.69, 9.17) is 9.84 Å². The van der Waals surface area contributed by atoms with E-state index < -0.39 is 5.97 Å². The minimum atomic E-state index is -0.734. The highest BCUT2D eigenvalue weighted by Crippen LogP contribution is 2.28. The second-order valence-electron chi connectivity index (χ2n) is 6.03. The van der Waals surface area contributed by atoms with E-state index in [-0.39, 0.29) is 17.1 Å². The molecule has 0 bridgehead atoms. The van der Waals surface area contributed by atoms with Gasteiger partial charge in [-0.3, -0.25) is 9.69 Å². The van der Waals surface area contributed by atoms with Crippen LogP contribution in [-0.2, 0) is 9.53 Å². The highest BCUT2D eigenvalue weighted by Gasteiger charge is 2.38. The normalized spacial score (nSPS) is 26.3. The molecular weight excluding hydrogens is 206 g/mol. The van der Waals surface area contributed by atoms with Crippen LogP contribution < -0.4 is 0 Å². The number of carbonyl (C=O) groups is 1. The van der Waals surface area contributed by atoms with E-state index in [1.165, 1.54) is 0 Å². The monoisotopic (exact) mass is 229 g/mol. The average molecular weight is 229 g/mol. The molecule has 1 heterocycles. The third kappa shape index (κ3) is 3.76. The Hall–Kier alpha value is -0.610. The van der Waals surface area contributed by atoms with E-state index >= 15 is 0 Å². The maximum Gasteiger partial charge on any atom is 0.307 e. The van der Waals surface area contributed by atoms with E-state index in [0.717, 1.165) is 13.1 Å². The summed E-state index contributed by atoms with van der Waals surface area (Å²) in [6, 6.07) is 0. The van der Waals surface area contributed by atoms with Crippen molar-refractivity contribution in [1.29, 1.82) is 0 Å². The van der Waals surface area contributed by atoms with Crippen LogP contribution in [0, 0.1) is 5.92 Å². The first kappa shape index (κ1) is 13.5. The summed E-state index contributed by atoms with van der Waals surface area (Å²) in [6.07, 6.45) is 0. The van der Waals surface area contributed by atoms with Crippen molar-refractivity contribution in [2.45, 2.75) is 45.8 Å². The van der Waals surface area contributed by atoms with Gasteiger partial charge >= 0.3 is 5.97 Å². The summed E-state index contributed by atoms with van der Waals surface area (Å²) >= 11 is 0. The molecule has 1 rings (SSSR count). The first-order valence-electron chi connectivity index (χ1n) is 5.77. The average Bonchev–Trinajstić information content (AvgIpc) is 1.96. The lowest BCUT2D eigenvalue weighted by atomic mass is 9.98. The largest absolute Gasteiger partial charge is 0.481 e. The first-order chi connectivity index (χ1) is 7.11. The number of nitrogens with zero attached hydrogens (tertiary/aromatic N) is 1. The van der Waals surface area contributed by atoms with Gasteiger partial charge in [0.15, 0.2) is 0 Å². The quantitative estimate of drug-likeness (QED) is 0.798. The molecule has 0 amide bonds. The molecule has 16 heavy (non-hydrogen) atoms. The Morgan fingerprint density at radius 2 is 1.75 bits per heavy atom. The zero-order valence-electron chi connectivity index (χ0n) is 10.9. The van der Waals surface area contributed by atoms with Gasteiger partial charge in [0.2, 0.25) is 0 Å².